The Bertz CT molecular complexity index is 910. The number of thiophene rings is 1. The molecule has 1 aliphatic rings. The molecule has 156 valence electrons. The van der Waals surface area contributed by atoms with Crippen molar-refractivity contribution in [2.75, 3.05) is 13.1 Å². The second-order valence-electron chi connectivity index (χ2n) is 8.06. The first-order valence-corrected chi connectivity index (χ1v) is 11.5. The standard InChI is InChI=1S/C21H24BrClN2O3S/c1-21(2,3)28-20(27)24-15-5-4-8-25(11-15)19(26)13-6-7-16(17(23)9-13)18-10-14(22)12-29-18/h6-7,9-10,12,15H,4-5,8,11H2,1-3H3,(H,24,27). The van der Waals surface area contributed by atoms with Gasteiger partial charge in [0.15, 0.2) is 0 Å². The van der Waals surface area contributed by atoms with Crippen molar-refractivity contribution in [2.24, 2.45) is 0 Å². The van der Waals surface area contributed by atoms with Gasteiger partial charge in [-0.2, -0.15) is 0 Å². The Morgan fingerprint density at radius 2 is 2.07 bits per heavy atom. The first-order valence-electron chi connectivity index (χ1n) is 9.45. The normalized spacial score (nSPS) is 17.1. The van der Waals surface area contributed by atoms with E-state index in [1.54, 1.807) is 22.3 Å². The second-order valence-corrected chi connectivity index (χ2v) is 10.3. The van der Waals surface area contributed by atoms with Gasteiger partial charge in [0.1, 0.15) is 5.60 Å². The van der Waals surface area contributed by atoms with E-state index in [1.165, 1.54) is 0 Å². The van der Waals surface area contributed by atoms with Gasteiger partial charge in [-0.25, -0.2) is 4.79 Å². The molecule has 1 fully saturated rings. The monoisotopic (exact) mass is 498 g/mol. The number of carbonyl (C=O) groups excluding carboxylic acids is 2. The first-order chi connectivity index (χ1) is 13.6. The lowest BCUT2D eigenvalue weighted by atomic mass is 10.0. The summed E-state index contributed by atoms with van der Waals surface area (Å²) in [7, 11) is 0. The highest BCUT2D eigenvalue weighted by molar-refractivity contribution is 9.10. The highest BCUT2D eigenvalue weighted by atomic mass is 79.9. The number of carbonyl (C=O) groups is 2. The predicted octanol–water partition coefficient (Wildman–Crippen LogP) is 5.96. The van der Waals surface area contributed by atoms with Crippen LogP contribution < -0.4 is 5.32 Å². The maximum atomic E-state index is 13.0. The Kier molecular flexibility index (Phi) is 6.91. The Hall–Kier alpha value is -1.57. The molecule has 29 heavy (non-hydrogen) atoms. The fourth-order valence-corrected chi connectivity index (χ4v) is 5.05. The predicted molar refractivity (Wildman–Crippen MR) is 121 cm³/mol. The van der Waals surface area contributed by atoms with Gasteiger partial charge in [-0.3, -0.25) is 4.79 Å². The van der Waals surface area contributed by atoms with Crippen LogP contribution in [0.2, 0.25) is 5.02 Å². The summed E-state index contributed by atoms with van der Waals surface area (Å²) in [4.78, 5) is 27.8. The van der Waals surface area contributed by atoms with E-state index in [2.05, 4.69) is 21.2 Å². The van der Waals surface area contributed by atoms with Gasteiger partial charge in [0.05, 0.1) is 5.02 Å². The third-order valence-electron chi connectivity index (χ3n) is 4.48. The molecule has 1 aromatic carbocycles. The summed E-state index contributed by atoms with van der Waals surface area (Å²) in [6.45, 7) is 6.58. The number of nitrogens with one attached hydrogen (secondary N) is 1. The fraction of sp³-hybridized carbons (Fsp3) is 0.429. The third kappa shape index (κ3) is 5.96. The smallest absolute Gasteiger partial charge is 0.407 e. The molecule has 5 nitrogen and oxygen atoms in total. The summed E-state index contributed by atoms with van der Waals surface area (Å²) in [5.74, 6) is -0.0819. The van der Waals surface area contributed by atoms with Crippen molar-refractivity contribution < 1.29 is 14.3 Å². The van der Waals surface area contributed by atoms with E-state index in [-0.39, 0.29) is 11.9 Å². The highest BCUT2D eigenvalue weighted by Gasteiger charge is 2.27. The van der Waals surface area contributed by atoms with Crippen LogP contribution in [0, 0.1) is 0 Å². The number of hydrogen-bond donors (Lipinski definition) is 1. The molecule has 2 heterocycles. The molecule has 0 spiro atoms. The van der Waals surface area contributed by atoms with Crippen LogP contribution in [0.25, 0.3) is 10.4 Å². The number of nitrogens with zero attached hydrogens (tertiary/aromatic N) is 1. The molecule has 1 atom stereocenters. The molecule has 1 unspecified atom stereocenters. The number of alkyl carbamates (subject to hydrolysis) is 1. The Balaban J connectivity index is 1.66. The first kappa shape index (κ1) is 22.1. The van der Waals surface area contributed by atoms with Crippen LogP contribution in [0.3, 0.4) is 0 Å². The maximum Gasteiger partial charge on any atom is 0.407 e. The van der Waals surface area contributed by atoms with Crippen LogP contribution in [0.5, 0.6) is 0 Å². The van der Waals surface area contributed by atoms with Gasteiger partial charge >= 0.3 is 6.09 Å². The molecule has 0 bridgehead atoms. The minimum absolute atomic E-state index is 0.0819. The number of likely N-dealkylation sites (tertiary alicyclic amines) is 1. The number of piperidine rings is 1. The van der Waals surface area contributed by atoms with Crippen molar-refractivity contribution >= 4 is 50.9 Å². The van der Waals surface area contributed by atoms with Crippen LogP contribution in [-0.4, -0.2) is 41.6 Å². The van der Waals surface area contributed by atoms with Crippen molar-refractivity contribution in [1.82, 2.24) is 10.2 Å². The SMILES string of the molecule is CC(C)(C)OC(=O)NC1CCCN(C(=O)c2ccc(-c3cc(Br)cs3)c(Cl)c2)C1. The highest BCUT2D eigenvalue weighted by Crippen LogP contribution is 2.35. The number of hydrogen-bond acceptors (Lipinski definition) is 4. The summed E-state index contributed by atoms with van der Waals surface area (Å²) >= 11 is 11.5. The van der Waals surface area contributed by atoms with Gasteiger partial charge in [0.2, 0.25) is 0 Å². The van der Waals surface area contributed by atoms with Crippen LogP contribution in [-0.2, 0) is 4.74 Å². The maximum absolute atomic E-state index is 13.0. The molecule has 1 saturated heterocycles. The Morgan fingerprint density at radius 3 is 2.69 bits per heavy atom. The van der Waals surface area contributed by atoms with Crippen LogP contribution in [0.15, 0.2) is 34.1 Å². The van der Waals surface area contributed by atoms with Crippen molar-refractivity contribution in [3.8, 4) is 10.4 Å². The van der Waals surface area contributed by atoms with E-state index in [9.17, 15) is 9.59 Å². The topological polar surface area (TPSA) is 58.6 Å². The van der Waals surface area contributed by atoms with E-state index in [1.807, 2.05) is 44.4 Å². The molecule has 2 aromatic rings. The van der Waals surface area contributed by atoms with E-state index >= 15 is 0 Å². The summed E-state index contributed by atoms with van der Waals surface area (Å²) < 4.78 is 6.33. The lowest BCUT2D eigenvalue weighted by molar-refractivity contribution is 0.0452. The number of rotatable bonds is 3. The molecule has 3 rings (SSSR count). The molecule has 1 N–H and O–H groups in total. The average Bonchev–Trinajstić information content (AvgIpc) is 3.05. The average molecular weight is 500 g/mol. The molecule has 0 saturated carbocycles. The Labute approximate surface area is 188 Å². The van der Waals surface area contributed by atoms with E-state index in [0.717, 1.165) is 27.8 Å². The van der Waals surface area contributed by atoms with Gasteiger partial charge in [0, 0.05) is 45.0 Å². The van der Waals surface area contributed by atoms with Crippen molar-refractivity contribution in [1.29, 1.82) is 0 Å². The van der Waals surface area contributed by atoms with Gasteiger partial charge < -0.3 is 15.0 Å². The quantitative estimate of drug-likeness (QED) is 0.567. The van der Waals surface area contributed by atoms with Gasteiger partial charge in [0.25, 0.3) is 5.91 Å². The number of ether oxygens (including phenoxy) is 1. The van der Waals surface area contributed by atoms with E-state index in [4.69, 9.17) is 16.3 Å². The molecular formula is C21H24BrClN2O3S. The molecule has 0 radical (unpaired) electrons. The summed E-state index contributed by atoms with van der Waals surface area (Å²) in [5.41, 5.74) is 0.902. The molecule has 2 amide bonds. The van der Waals surface area contributed by atoms with Gasteiger partial charge in [-0.15, -0.1) is 11.3 Å². The van der Waals surface area contributed by atoms with Crippen molar-refractivity contribution in [3.05, 3.63) is 44.7 Å². The lowest BCUT2D eigenvalue weighted by Gasteiger charge is -2.33. The zero-order valence-corrected chi connectivity index (χ0v) is 19.8. The van der Waals surface area contributed by atoms with Crippen LogP contribution in [0.1, 0.15) is 44.0 Å². The van der Waals surface area contributed by atoms with E-state index in [0.29, 0.717) is 23.7 Å². The minimum atomic E-state index is -0.551. The van der Waals surface area contributed by atoms with Gasteiger partial charge in [-0.05, 0) is 67.7 Å². The zero-order valence-electron chi connectivity index (χ0n) is 16.6. The summed E-state index contributed by atoms with van der Waals surface area (Å²) in [6, 6.07) is 7.29. The minimum Gasteiger partial charge on any atom is -0.444 e. The molecule has 8 heteroatoms. The molecule has 0 aliphatic carbocycles. The lowest BCUT2D eigenvalue weighted by Crippen LogP contribution is -2.50. The summed E-state index contributed by atoms with van der Waals surface area (Å²) in [6.07, 6.45) is 1.18. The largest absolute Gasteiger partial charge is 0.444 e. The van der Waals surface area contributed by atoms with Crippen LogP contribution >= 0.6 is 38.9 Å². The molecule has 1 aliphatic heterocycles. The molecular weight excluding hydrogens is 476 g/mol. The summed E-state index contributed by atoms with van der Waals surface area (Å²) in [5, 5.41) is 5.42. The number of benzene rings is 1. The third-order valence-corrected chi connectivity index (χ3v) is 6.52. The van der Waals surface area contributed by atoms with Crippen molar-refractivity contribution in [2.45, 2.75) is 45.3 Å². The number of amides is 2. The second kappa shape index (κ2) is 9.06. The van der Waals surface area contributed by atoms with E-state index < -0.39 is 11.7 Å². The fourth-order valence-electron chi connectivity index (χ4n) is 3.24. The van der Waals surface area contributed by atoms with Crippen molar-refractivity contribution in [3.63, 3.8) is 0 Å². The zero-order chi connectivity index (χ0) is 21.2. The van der Waals surface area contributed by atoms with Crippen LogP contribution in [0.4, 0.5) is 4.79 Å². The Morgan fingerprint density at radius 1 is 1.31 bits per heavy atom. The molecule has 1 aromatic heterocycles. The van der Waals surface area contributed by atoms with Gasteiger partial charge in [-0.1, -0.05) is 17.7 Å². The number of halogens is 2.